The first-order valence-electron chi connectivity index (χ1n) is 7.63. The zero-order valence-corrected chi connectivity index (χ0v) is 14.4. The van der Waals surface area contributed by atoms with Crippen molar-refractivity contribution in [2.75, 3.05) is 12.4 Å². The molecule has 0 radical (unpaired) electrons. The van der Waals surface area contributed by atoms with Gasteiger partial charge < -0.3 is 15.2 Å². The maximum Gasteiger partial charge on any atom is 0.256 e. The Hall–Kier alpha value is -2.67. The van der Waals surface area contributed by atoms with Crippen LogP contribution in [0.2, 0.25) is 0 Å². The first-order valence-corrected chi connectivity index (χ1v) is 8.40. The second-order valence-corrected chi connectivity index (χ2v) is 6.23. The molecule has 7 heteroatoms. The maximum atomic E-state index is 12.4. The highest BCUT2D eigenvalue weighted by Crippen LogP contribution is 2.23. The Bertz CT molecular complexity index is 808. The van der Waals surface area contributed by atoms with Gasteiger partial charge in [0.15, 0.2) is 0 Å². The number of aryl methyl sites for hydroxylation is 1. The molecule has 0 atom stereocenters. The average molecular weight is 341 g/mol. The standard InChI is InChI=1S/C17H19N5OS/c1-12-15(17(18-2)24-21-12)16(23)20-9-13-3-5-14(6-4-13)10-22-8-7-19-11-22/h3-8,11,18H,9-10H2,1-2H3,(H,20,23). The van der Waals surface area contributed by atoms with E-state index in [1.165, 1.54) is 17.1 Å². The largest absolute Gasteiger partial charge is 0.378 e. The SMILES string of the molecule is CNc1snc(C)c1C(=O)NCc1ccc(Cn2ccnc2)cc1. The van der Waals surface area contributed by atoms with Crippen molar-refractivity contribution in [1.82, 2.24) is 19.2 Å². The predicted molar refractivity (Wildman–Crippen MR) is 95.3 cm³/mol. The van der Waals surface area contributed by atoms with E-state index in [1.54, 1.807) is 19.6 Å². The Morgan fingerprint density at radius 3 is 2.67 bits per heavy atom. The molecule has 2 aromatic heterocycles. The molecule has 0 aliphatic carbocycles. The fourth-order valence-electron chi connectivity index (χ4n) is 2.43. The Labute approximate surface area is 144 Å². The summed E-state index contributed by atoms with van der Waals surface area (Å²) in [5, 5.41) is 6.76. The number of nitrogens with one attached hydrogen (secondary N) is 2. The Balaban J connectivity index is 1.60. The first-order chi connectivity index (χ1) is 11.7. The van der Waals surface area contributed by atoms with E-state index in [1.807, 2.05) is 29.8 Å². The van der Waals surface area contributed by atoms with Gasteiger partial charge in [-0.3, -0.25) is 4.79 Å². The molecule has 124 valence electrons. The number of anilines is 1. The van der Waals surface area contributed by atoms with Gasteiger partial charge in [-0.15, -0.1) is 0 Å². The summed E-state index contributed by atoms with van der Waals surface area (Å²) in [5.41, 5.74) is 3.62. The lowest BCUT2D eigenvalue weighted by molar-refractivity contribution is 0.0951. The van der Waals surface area contributed by atoms with Crippen LogP contribution >= 0.6 is 11.5 Å². The lowest BCUT2D eigenvalue weighted by Crippen LogP contribution is -2.23. The normalized spacial score (nSPS) is 10.6. The molecule has 3 aromatic rings. The van der Waals surface area contributed by atoms with E-state index in [0.29, 0.717) is 12.1 Å². The summed E-state index contributed by atoms with van der Waals surface area (Å²) < 4.78 is 6.24. The molecule has 0 aliphatic rings. The third-order valence-corrected chi connectivity index (χ3v) is 4.67. The van der Waals surface area contributed by atoms with E-state index < -0.39 is 0 Å². The minimum Gasteiger partial charge on any atom is -0.378 e. The van der Waals surface area contributed by atoms with Gasteiger partial charge in [-0.25, -0.2) is 4.98 Å². The van der Waals surface area contributed by atoms with Crippen molar-refractivity contribution in [3.05, 3.63) is 65.4 Å². The Morgan fingerprint density at radius 1 is 1.25 bits per heavy atom. The second kappa shape index (κ2) is 7.27. The minimum absolute atomic E-state index is 0.104. The molecule has 2 heterocycles. The molecule has 0 bridgehead atoms. The van der Waals surface area contributed by atoms with Crippen LogP contribution in [0.3, 0.4) is 0 Å². The molecule has 0 fully saturated rings. The van der Waals surface area contributed by atoms with Crippen LogP contribution < -0.4 is 10.6 Å². The fourth-order valence-corrected chi connectivity index (χ4v) is 3.17. The van der Waals surface area contributed by atoms with Gasteiger partial charge in [-0.1, -0.05) is 24.3 Å². The van der Waals surface area contributed by atoms with E-state index in [4.69, 9.17) is 0 Å². The Kier molecular flexibility index (Phi) is 4.90. The topological polar surface area (TPSA) is 71.8 Å². The van der Waals surface area contributed by atoms with Crippen LogP contribution in [0.5, 0.6) is 0 Å². The van der Waals surface area contributed by atoms with Crippen molar-refractivity contribution in [1.29, 1.82) is 0 Å². The molecule has 6 nitrogen and oxygen atoms in total. The molecule has 0 unspecified atom stereocenters. The molecular weight excluding hydrogens is 322 g/mol. The summed E-state index contributed by atoms with van der Waals surface area (Å²) >= 11 is 1.30. The smallest absolute Gasteiger partial charge is 0.256 e. The summed E-state index contributed by atoms with van der Waals surface area (Å²) in [6.07, 6.45) is 5.50. The van der Waals surface area contributed by atoms with Crippen LogP contribution in [0.4, 0.5) is 5.00 Å². The summed E-state index contributed by atoms with van der Waals surface area (Å²) in [6, 6.07) is 8.20. The molecule has 1 aromatic carbocycles. The highest BCUT2D eigenvalue weighted by molar-refractivity contribution is 7.10. The molecular formula is C17H19N5OS. The van der Waals surface area contributed by atoms with Crippen LogP contribution in [-0.4, -0.2) is 26.9 Å². The third-order valence-electron chi connectivity index (χ3n) is 3.72. The van der Waals surface area contributed by atoms with Gasteiger partial charge in [-0.2, -0.15) is 4.37 Å². The average Bonchev–Trinajstić information content (AvgIpc) is 3.23. The number of hydrogen-bond donors (Lipinski definition) is 2. The number of nitrogens with zero attached hydrogens (tertiary/aromatic N) is 3. The zero-order valence-electron chi connectivity index (χ0n) is 13.6. The molecule has 1 amide bonds. The van der Waals surface area contributed by atoms with Crippen LogP contribution in [0.25, 0.3) is 0 Å². The van der Waals surface area contributed by atoms with Crippen molar-refractivity contribution >= 4 is 22.4 Å². The summed E-state index contributed by atoms with van der Waals surface area (Å²) in [4.78, 5) is 16.4. The van der Waals surface area contributed by atoms with Gasteiger partial charge in [0.05, 0.1) is 17.6 Å². The van der Waals surface area contributed by atoms with Crippen LogP contribution in [-0.2, 0) is 13.1 Å². The number of carbonyl (C=O) groups is 1. The monoisotopic (exact) mass is 341 g/mol. The number of carbonyl (C=O) groups excluding carboxylic acids is 1. The molecule has 0 saturated carbocycles. The quantitative estimate of drug-likeness (QED) is 0.723. The van der Waals surface area contributed by atoms with Crippen molar-refractivity contribution in [2.45, 2.75) is 20.0 Å². The lowest BCUT2D eigenvalue weighted by atomic mass is 10.1. The van der Waals surface area contributed by atoms with Crippen LogP contribution in [0.15, 0.2) is 43.0 Å². The molecule has 0 spiro atoms. The van der Waals surface area contributed by atoms with E-state index in [0.717, 1.165) is 22.8 Å². The van der Waals surface area contributed by atoms with Crippen molar-refractivity contribution in [3.8, 4) is 0 Å². The lowest BCUT2D eigenvalue weighted by Gasteiger charge is -2.08. The third kappa shape index (κ3) is 3.62. The summed E-state index contributed by atoms with van der Waals surface area (Å²) in [7, 11) is 1.79. The van der Waals surface area contributed by atoms with Crippen LogP contribution in [0, 0.1) is 6.92 Å². The van der Waals surface area contributed by atoms with E-state index in [2.05, 4.69) is 32.1 Å². The van der Waals surface area contributed by atoms with Gasteiger partial charge in [0.25, 0.3) is 5.91 Å². The maximum absolute atomic E-state index is 12.4. The molecule has 24 heavy (non-hydrogen) atoms. The van der Waals surface area contributed by atoms with Gasteiger partial charge in [-0.05, 0) is 29.6 Å². The van der Waals surface area contributed by atoms with E-state index in [9.17, 15) is 4.79 Å². The fraction of sp³-hybridized carbons (Fsp3) is 0.235. The van der Waals surface area contributed by atoms with Gasteiger partial charge in [0.2, 0.25) is 0 Å². The number of benzene rings is 1. The van der Waals surface area contributed by atoms with Crippen LogP contribution in [0.1, 0.15) is 27.2 Å². The predicted octanol–water partition coefficient (Wildman–Crippen LogP) is 2.67. The van der Waals surface area contributed by atoms with Gasteiger partial charge >= 0.3 is 0 Å². The molecule has 2 N–H and O–H groups in total. The highest BCUT2D eigenvalue weighted by atomic mass is 32.1. The first kappa shape index (κ1) is 16.2. The van der Waals surface area contributed by atoms with Crippen molar-refractivity contribution in [3.63, 3.8) is 0 Å². The number of imidazole rings is 1. The molecule has 0 aliphatic heterocycles. The van der Waals surface area contributed by atoms with Crippen molar-refractivity contribution < 1.29 is 4.79 Å². The second-order valence-electron chi connectivity index (χ2n) is 5.46. The number of hydrogen-bond acceptors (Lipinski definition) is 5. The summed E-state index contributed by atoms with van der Waals surface area (Å²) in [5.74, 6) is -0.104. The Morgan fingerprint density at radius 2 is 2.00 bits per heavy atom. The highest BCUT2D eigenvalue weighted by Gasteiger charge is 2.17. The zero-order chi connectivity index (χ0) is 16.9. The minimum atomic E-state index is -0.104. The number of aromatic nitrogens is 3. The molecule has 3 rings (SSSR count). The van der Waals surface area contributed by atoms with Gasteiger partial charge in [0, 0.05) is 32.5 Å². The van der Waals surface area contributed by atoms with Gasteiger partial charge in [0.1, 0.15) is 5.00 Å². The molecule has 0 saturated heterocycles. The number of rotatable bonds is 6. The number of amides is 1. The van der Waals surface area contributed by atoms with E-state index >= 15 is 0 Å². The van der Waals surface area contributed by atoms with E-state index in [-0.39, 0.29) is 5.91 Å². The van der Waals surface area contributed by atoms with Crippen molar-refractivity contribution in [2.24, 2.45) is 0 Å². The summed E-state index contributed by atoms with van der Waals surface area (Å²) in [6.45, 7) is 3.12.